The van der Waals surface area contributed by atoms with Crippen LogP contribution < -0.4 is 25.5 Å². The smallest absolute Gasteiger partial charge is 0.329 e. The molecule has 3 N–H and O–H groups in total. The average molecular weight is 384 g/mol. The number of amides is 3. The molecule has 0 saturated heterocycles. The summed E-state index contributed by atoms with van der Waals surface area (Å²) in [5.74, 6) is -0.841. The minimum atomic E-state index is -0.874. The van der Waals surface area contributed by atoms with Crippen molar-refractivity contribution >= 4 is 29.6 Å². The van der Waals surface area contributed by atoms with E-state index in [2.05, 4.69) is 21.2 Å². The maximum atomic E-state index is 12.0. The first-order valence-corrected chi connectivity index (χ1v) is 8.23. The molecule has 2 aromatic carbocycles. The third-order valence-corrected chi connectivity index (χ3v) is 3.41. The van der Waals surface area contributed by atoms with Gasteiger partial charge in [0, 0.05) is 12.7 Å². The highest BCUT2D eigenvalue weighted by atomic mass is 16.5. The highest BCUT2D eigenvalue weighted by molar-refractivity contribution is 6.34. The van der Waals surface area contributed by atoms with E-state index in [4.69, 9.17) is 9.47 Å². The van der Waals surface area contributed by atoms with Crippen molar-refractivity contribution in [2.45, 2.75) is 0 Å². The topological polar surface area (TPSA) is 118 Å². The van der Waals surface area contributed by atoms with Crippen molar-refractivity contribution in [2.24, 2.45) is 5.10 Å². The van der Waals surface area contributed by atoms with Crippen molar-refractivity contribution in [2.75, 3.05) is 26.1 Å². The summed E-state index contributed by atoms with van der Waals surface area (Å²) in [5, 5.41) is 8.58. The van der Waals surface area contributed by atoms with Gasteiger partial charge in [-0.1, -0.05) is 12.1 Å². The molecule has 0 aromatic heterocycles. The lowest BCUT2D eigenvalue weighted by atomic mass is 10.2. The fourth-order valence-corrected chi connectivity index (χ4v) is 2.03. The number of anilines is 1. The zero-order valence-electron chi connectivity index (χ0n) is 15.4. The largest absolute Gasteiger partial charge is 0.497 e. The van der Waals surface area contributed by atoms with Crippen LogP contribution in [0.2, 0.25) is 0 Å². The number of nitrogens with zero attached hydrogens (tertiary/aromatic N) is 1. The molecule has 3 amide bonds. The van der Waals surface area contributed by atoms with E-state index in [1.165, 1.54) is 13.3 Å². The van der Waals surface area contributed by atoms with Crippen molar-refractivity contribution in [1.29, 1.82) is 0 Å². The van der Waals surface area contributed by atoms with Crippen LogP contribution >= 0.6 is 0 Å². The van der Waals surface area contributed by atoms with Gasteiger partial charge in [0.2, 0.25) is 0 Å². The van der Waals surface area contributed by atoms with Crippen molar-refractivity contribution < 1.29 is 23.9 Å². The summed E-state index contributed by atoms with van der Waals surface area (Å²) >= 11 is 0. The number of rotatable bonds is 7. The van der Waals surface area contributed by atoms with Gasteiger partial charge in [-0.05, 0) is 42.0 Å². The maximum Gasteiger partial charge on any atom is 0.329 e. The molecular weight excluding hydrogens is 364 g/mol. The summed E-state index contributed by atoms with van der Waals surface area (Å²) in [4.78, 5) is 34.3. The molecular formula is C19H20N4O5. The summed E-state index contributed by atoms with van der Waals surface area (Å²) in [7, 11) is 2.91. The molecule has 0 atom stereocenters. The lowest BCUT2D eigenvalue weighted by molar-refractivity contribution is -0.138. The van der Waals surface area contributed by atoms with Gasteiger partial charge in [0.25, 0.3) is 5.91 Å². The molecule has 0 aliphatic heterocycles. The Morgan fingerprint density at radius 1 is 1.04 bits per heavy atom. The van der Waals surface area contributed by atoms with E-state index in [9.17, 15) is 14.4 Å². The van der Waals surface area contributed by atoms with Gasteiger partial charge in [-0.2, -0.15) is 5.10 Å². The van der Waals surface area contributed by atoms with Crippen LogP contribution in [-0.4, -0.2) is 44.7 Å². The predicted octanol–water partition coefficient (Wildman–Crippen LogP) is 0.909. The van der Waals surface area contributed by atoms with Gasteiger partial charge >= 0.3 is 11.8 Å². The lowest BCUT2D eigenvalue weighted by Crippen LogP contribution is -2.35. The molecule has 0 radical (unpaired) electrons. The van der Waals surface area contributed by atoms with Crippen LogP contribution in [0.15, 0.2) is 53.6 Å². The molecule has 0 unspecified atom stereocenters. The van der Waals surface area contributed by atoms with Crippen LogP contribution in [0, 0.1) is 0 Å². The van der Waals surface area contributed by atoms with E-state index >= 15 is 0 Å². The first-order valence-electron chi connectivity index (χ1n) is 8.23. The highest BCUT2D eigenvalue weighted by Gasteiger charge is 2.09. The lowest BCUT2D eigenvalue weighted by Gasteiger charge is -2.08. The molecule has 2 rings (SSSR count). The van der Waals surface area contributed by atoms with Crippen LogP contribution in [0.25, 0.3) is 0 Å². The normalized spacial score (nSPS) is 10.2. The van der Waals surface area contributed by atoms with Crippen LogP contribution in [0.5, 0.6) is 11.5 Å². The van der Waals surface area contributed by atoms with E-state index in [1.807, 2.05) is 0 Å². The Morgan fingerprint density at radius 2 is 1.79 bits per heavy atom. The Balaban J connectivity index is 1.85. The molecule has 28 heavy (non-hydrogen) atoms. The van der Waals surface area contributed by atoms with Crippen LogP contribution in [0.1, 0.15) is 5.56 Å². The summed E-state index contributed by atoms with van der Waals surface area (Å²) in [6.45, 7) is -0.181. The molecule has 146 valence electrons. The molecule has 0 aliphatic rings. The molecule has 9 heteroatoms. The molecule has 0 heterocycles. The van der Waals surface area contributed by atoms with E-state index < -0.39 is 11.8 Å². The summed E-state index contributed by atoms with van der Waals surface area (Å²) < 4.78 is 10.5. The molecule has 9 nitrogen and oxygen atoms in total. The highest BCUT2D eigenvalue weighted by Crippen LogP contribution is 2.15. The van der Waals surface area contributed by atoms with Crippen LogP contribution in [-0.2, 0) is 14.4 Å². The fraction of sp³-hybridized carbons (Fsp3) is 0.158. The summed E-state index contributed by atoms with van der Waals surface area (Å²) in [6, 6.07) is 13.7. The van der Waals surface area contributed by atoms with Crippen molar-refractivity contribution in [3.63, 3.8) is 0 Å². The van der Waals surface area contributed by atoms with Gasteiger partial charge in [-0.3, -0.25) is 14.4 Å². The van der Waals surface area contributed by atoms with E-state index in [0.29, 0.717) is 22.7 Å². The van der Waals surface area contributed by atoms with Gasteiger partial charge in [0.15, 0.2) is 6.61 Å². The quantitative estimate of drug-likeness (QED) is 0.373. The minimum Gasteiger partial charge on any atom is -0.497 e. The van der Waals surface area contributed by atoms with Crippen molar-refractivity contribution in [1.82, 2.24) is 10.7 Å². The van der Waals surface area contributed by atoms with Gasteiger partial charge in [-0.15, -0.1) is 0 Å². The zero-order valence-corrected chi connectivity index (χ0v) is 15.4. The van der Waals surface area contributed by atoms with Crippen LogP contribution in [0.4, 0.5) is 5.69 Å². The molecule has 2 aromatic rings. The van der Waals surface area contributed by atoms with Crippen molar-refractivity contribution in [3.05, 3.63) is 54.1 Å². The van der Waals surface area contributed by atoms with Gasteiger partial charge in [0.05, 0.1) is 13.3 Å². The minimum absolute atomic E-state index is 0.181. The summed E-state index contributed by atoms with van der Waals surface area (Å²) in [5.41, 5.74) is 3.33. The maximum absolute atomic E-state index is 12.0. The van der Waals surface area contributed by atoms with Crippen molar-refractivity contribution in [3.8, 4) is 11.5 Å². The third-order valence-electron chi connectivity index (χ3n) is 3.41. The molecule has 0 aliphatic carbocycles. The van der Waals surface area contributed by atoms with E-state index in [-0.39, 0.29) is 12.5 Å². The first-order chi connectivity index (χ1) is 13.5. The third kappa shape index (κ3) is 6.45. The van der Waals surface area contributed by atoms with Gasteiger partial charge in [-0.25, -0.2) is 5.43 Å². The molecule has 0 bridgehead atoms. The second-order valence-electron chi connectivity index (χ2n) is 5.42. The molecule has 0 saturated carbocycles. The standard InChI is InChI=1S/C19H20N4O5/c1-20-18(25)19(26)23-21-11-13-4-3-5-16(10-13)28-12-17(24)22-14-6-8-15(27-2)9-7-14/h3-11H,12H2,1-2H3,(H,20,25)(H,22,24)(H,23,26)/b21-11-. The Kier molecular flexibility index (Phi) is 7.53. The number of likely N-dealkylation sites (N-methyl/N-ethyl adjacent to an activating group) is 1. The van der Waals surface area contributed by atoms with Gasteiger partial charge < -0.3 is 20.1 Å². The average Bonchev–Trinajstić information content (AvgIpc) is 2.72. The Hall–Kier alpha value is -3.88. The number of benzene rings is 2. The number of carbonyl (C=O) groups is 3. The SMILES string of the molecule is CNC(=O)C(=O)N/N=C\c1cccc(OCC(=O)Nc2ccc(OC)cc2)c1. The fourth-order valence-electron chi connectivity index (χ4n) is 2.03. The monoisotopic (exact) mass is 384 g/mol. The Morgan fingerprint density at radius 3 is 2.46 bits per heavy atom. The number of hydrogen-bond acceptors (Lipinski definition) is 6. The second kappa shape index (κ2) is 10.3. The Labute approximate surface area is 161 Å². The molecule has 0 fully saturated rings. The van der Waals surface area contributed by atoms with E-state index in [1.54, 1.807) is 55.6 Å². The van der Waals surface area contributed by atoms with E-state index in [0.717, 1.165) is 0 Å². The number of hydrazone groups is 1. The number of ether oxygens (including phenoxy) is 2. The number of methoxy groups -OCH3 is 1. The number of nitrogens with one attached hydrogen (secondary N) is 3. The van der Waals surface area contributed by atoms with Gasteiger partial charge in [0.1, 0.15) is 11.5 Å². The Bertz CT molecular complexity index is 865. The zero-order chi connectivity index (χ0) is 20.4. The number of carbonyl (C=O) groups excluding carboxylic acids is 3. The predicted molar refractivity (Wildman–Crippen MR) is 103 cm³/mol. The summed E-state index contributed by atoms with van der Waals surface area (Å²) in [6.07, 6.45) is 1.35. The van der Waals surface area contributed by atoms with Crippen LogP contribution in [0.3, 0.4) is 0 Å². The number of hydrogen-bond donors (Lipinski definition) is 3. The second-order valence-corrected chi connectivity index (χ2v) is 5.42. The molecule has 0 spiro atoms. The first kappa shape index (κ1) is 20.4.